The van der Waals surface area contributed by atoms with Crippen molar-refractivity contribution in [3.05, 3.63) is 62.4 Å². The first-order valence-electron chi connectivity index (χ1n) is 10.2. The summed E-state index contributed by atoms with van der Waals surface area (Å²) in [6.07, 6.45) is 2.44. The molecule has 0 radical (unpaired) electrons. The average molecular weight is 460 g/mol. The van der Waals surface area contributed by atoms with E-state index in [0.717, 1.165) is 0 Å². The number of anilines is 2. The van der Waals surface area contributed by atoms with Gasteiger partial charge in [0.2, 0.25) is 10.0 Å². The van der Waals surface area contributed by atoms with E-state index in [4.69, 9.17) is 0 Å². The minimum Gasteiger partial charge on any atom is -0.322 e. The van der Waals surface area contributed by atoms with Crippen LogP contribution < -0.4 is 21.3 Å². The summed E-state index contributed by atoms with van der Waals surface area (Å²) in [4.78, 5) is 43.6. The molecule has 2 aromatic heterocycles. The van der Waals surface area contributed by atoms with Crippen LogP contribution in [0, 0.1) is 6.92 Å². The first-order valence-corrected chi connectivity index (χ1v) is 11.9. The van der Waals surface area contributed by atoms with Crippen LogP contribution in [-0.4, -0.2) is 34.6 Å². The van der Waals surface area contributed by atoms with Crippen LogP contribution in [-0.2, 0) is 16.6 Å². The van der Waals surface area contributed by atoms with Crippen LogP contribution in [0.2, 0.25) is 0 Å². The molecule has 0 atom stereocenters. The van der Waals surface area contributed by atoms with E-state index >= 15 is 0 Å². The third kappa shape index (κ3) is 4.88. The standard InChI is InChI=1S/C21H25N5O5S/c1-4-9-26-18-15(20(28)24-21(26)29)11-14(12-22-18)19(27)23-16-7-6-8-17(13(16)3)25-32(30,31)10-5-2/h6-8,11-12,25H,4-5,9-10H2,1-3H3,(H,23,27)(H,24,28,29). The number of carbonyl (C=O) groups is 1. The topological polar surface area (TPSA) is 143 Å². The van der Waals surface area contributed by atoms with Gasteiger partial charge in [0.25, 0.3) is 11.5 Å². The quantitative estimate of drug-likeness (QED) is 0.471. The van der Waals surface area contributed by atoms with Crippen molar-refractivity contribution in [2.75, 3.05) is 15.8 Å². The molecule has 10 nitrogen and oxygen atoms in total. The summed E-state index contributed by atoms with van der Waals surface area (Å²) >= 11 is 0. The SMILES string of the molecule is CCCn1c(=O)[nH]c(=O)c2cc(C(=O)Nc3cccc(NS(=O)(=O)CCC)c3C)cnc21. The molecule has 0 fully saturated rings. The Balaban J connectivity index is 1.93. The molecule has 0 bridgehead atoms. The Morgan fingerprint density at radius 1 is 1.16 bits per heavy atom. The molecule has 0 aliphatic rings. The smallest absolute Gasteiger partial charge is 0.322 e. The van der Waals surface area contributed by atoms with Gasteiger partial charge in [0.05, 0.1) is 22.4 Å². The highest BCUT2D eigenvalue weighted by atomic mass is 32.2. The number of rotatable bonds is 8. The highest BCUT2D eigenvalue weighted by Crippen LogP contribution is 2.25. The Hall–Kier alpha value is -3.47. The summed E-state index contributed by atoms with van der Waals surface area (Å²) in [7, 11) is -3.48. The average Bonchev–Trinajstić information content (AvgIpc) is 2.73. The lowest BCUT2D eigenvalue weighted by molar-refractivity contribution is 0.102. The maximum absolute atomic E-state index is 12.8. The van der Waals surface area contributed by atoms with Crippen molar-refractivity contribution in [1.29, 1.82) is 0 Å². The molecule has 170 valence electrons. The maximum atomic E-state index is 12.8. The van der Waals surface area contributed by atoms with Crippen molar-refractivity contribution in [3.8, 4) is 0 Å². The van der Waals surface area contributed by atoms with Gasteiger partial charge in [-0.2, -0.15) is 0 Å². The van der Waals surface area contributed by atoms with E-state index in [0.29, 0.717) is 36.3 Å². The number of benzene rings is 1. The molecule has 3 N–H and O–H groups in total. The molecule has 0 saturated carbocycles. The van der Waals surface area contributed by atoms with Gasteiger partial charge in [-0.15, -0.1) is 0 Å². The van der Waals surface area contributed by atoms with Crippen molar-refractivity contribution in [1.82, 2.24) is 14.5 Å². The summed E-state index contributed by atoms with van der Waals surface area (Å²) < 4.78 is 28.1. The predicted octanol–water partition coefficient (Wildman–Crippen LogP) is 2.21. The molecule has 2 heterocycles. The van der Waals surface area contributed by atoms with E-state index in [1.54, 1.807) is 32.0 Å². The minimum atomic E-state index is -3.48. The Morgan fingerprint density at radius 2 is 1.88 bits per heavy atom. The number of aromatic nitrogens is 3. The largest absolute Gasteiger partial charge is 0.329 e. The Labute approximate surface area is 184 Å². The second-order valence-corrected chi connectivity index (χ2v) is 9.20. The van der Waals surface area contributed by atoms with Gasteiger partial charge in [-0.25, -0.2) is 18.2 Å². The molecule has 3 rings (SSSR count). The van der Waals surface area contributed by atoms with Gasteiger partial charge in [0, 0.05) is 18.4 Å². The number of nitrogens with zero attached hydrogens (tertiary/aromatic N) is 2. The summed E-state index contributed by atoms with van der Waals surface area (Å²) in [5, 5.41) is 2.85. The fourth-order valence-electron chi connectivity index (χ4n) is 3.29. The van der Waals surface area contributed by atoms with Crippen LogP contribution in [0.4, 0.5) is 11.4 Å². The highest BCUT2D eigenvalue weighted by Gasteiger charge is 2.16. The number of aryl methyl sites for hydroxylation is 1. The third-order valence-electron chi connectivity index (χ3n) is 4.86. The second-order valence-electron chi connectivity index (χ2n) is 7.36. The predicted molar refractivity (Wildman–Crippen MR) is 124 cm³/mol. The van der Waals surface area contributed by atoms with Crippen molar-refractivity contribution < 1.29 is 13.2 Å². The van der Waals surface area contributed by atoms with E-state index in [1.165, 1.54) is 16.8 Å². The molecular weight excluding hydrogens is 434 g/mol. The zero-order chi connectivity index (χ0) is 23.5. The van der Waals surface area contributed by atoms with Gasteiger partial charge < -0.3 is 5.32 Å². The number of carbonyl (C=O) groups excluding carboxylic acids is 1. The van der Waals surface area contributed by atoms with Gasteiger partial charge >= 0.3 is 5.69 Å². The number of nitrogens with one attached hydrogen (secondary N) is 3. The molecule has 1 amide bonds. The Kier molecular flexibility index (Phi) is 6.78. The van der Waals surface area contributed by atoms with Gasteiger partial charge in [0.15, 0.2) is 0 Å². The van der Waals surface area contributed by atoms with Crippen LogP contribution in [0.15, 0.2) is 40.1 Å². The van der Waals surface area contributed by atoms with E-state index in [1.807, 2.05) is 6.92 Å². The molecular formula is C21H25N5O5S. The van der Waals surface area contributed by atoms with Gasteiger partial charge in [-0.1, -0.05) is 19.9 Å². The maximum Gasteiger partial charge on any atom is 0.329 e. The van der Waals surface area contributed by atoms with Crippen LogP contribution in [0.1, 0.15) is 42.6 Å². The monoisotopic (exact) mass is 459 g/mol. The van der Waals surface area contributed by atoms with E-state index in [9.17, 15) is 22.8 Å². The first-order chi connectivity index (χ1) is 15.2. The molecule has 11 heteroatoms. The highest BCUT2D eigenvalue weighted by molar-refractivity contribution is 7.92. The number of sulfonamides is 1. The summed E-state index contributed by atoms with van der Waals surface area (Å²) in [5.41, 5.74) is 0.491. The van der Waals surface area contributed by atoms with Gasteiger partial charge in [0.1, 0.15) is 5.65 Å². The van der Waals surface area contributed by atoms with Crippen molar-refractivity contribution >= 4 is 38.3 Å². The number of hydrogen-bond donors (Lipinski definition) is 3. The zero-order valence-electron chi connectivity index (χ0n) is 18.1. The number of aromatic amines is 1. The van der Waals surface area contributed by atoms with Gasteiger partial charge in [-0.3, -0.25) is 23.9 Å². The molecule has 0 unspecified atom stereocenters. The number of amides is 1. The van der Waals surface area contributed by atoms with E-state index < -0.39 is 27.2 Å². The Morgan fingerprint density at radius 3 is 2.56 bits per heavy atom. The van der Waals surface area contributed by atoms with Gasteiger partial charge in [-0.05, 0) is 43.5 Å². The number of hydrogen-bond acceptors (Lipinski definition) is 6. The number of fused-ring (bicyclic) bond motifs is 1. The van der Waals surface area contributed by atoms with E-state index in [-0.39, 0.29) is 22.3 Å². The van der Waals surface area contributed by atoms with Crippen molar-refractivity contribution in [3.63, 3.8) is 0 Å². The molecule has 0 spiro atoms. The van der Waals surface area contributed by atoms with Crippen molar-refractivity contribution in [2.45, 2.75) is 40.2 Å². The van der Waals surface area contributed by atoms with Crippen LogP contribution in [0.3, 0.4) is 0 Å². The number of H-pyrrole nitrogens is 1. The van der Waals surface area contributed by atoms with E-state index in [2.05, 4.69) is 20.0 Å². The summed E-state index contributed by atoms with van der Waals surface area (Å²) in [5.74, 6) is -0.535. The molecule has 32 heavy (non-hydrogen) atoms. The Bertz CT molecular complexity index is 1390. The zero-order valence-corrected chi connectivity index (χ0v) is 18.9. The summed E-state index contributed by atoms with van der Waals surface area (Å²) in [6.45, 7) is 5.73. The van der Waals surface area contributed by atoms with Crippen LogP contribution in [0.25, 0.3) is 11.0 Å². The molecule has 0 aliphatic heterocycles. The minimum absolute atomic E-state index is 0.0105. The third-order valence-corrected chi connectivity index (χ3v) is 6.34. The lowest BCUT2D eigenvalue weighted by Gasteiger charge is -2.14. The fourth-order valence-corrected chi connectivity index (χ4v) is 4.48. The van der Waals surface area contributed by atoms with Crippen molar-refractivity contribution in [2.24, 2.45) is 0 Å². The molecule has 0 saturated heterocycles. The lowest BCUT2D eigenvalue weighted by atomic mass is 10.1. The second kappa shape index (κ2) is 9.35. The lowest BCUT2D eigenvalue weighted by Crippen LogP contribution is -2.31. The normalized spacial score (nSPS) is 11.5. The molecule has 1 aromatic carbocycles. The van der Waals surface area contributed by atoms with Crippen LogP contribution >= 0.6 is 0 Å². The fraction of sp³-hybridized carbons (Fsp3) is 0.333. The molecule has 0 aliphatic carbocycles. The van der Waals surface area contributed by atoms with Crippen LogP contribution in [0.5, 0.6) is 0 Å². The number of pyridine rings is 1. The summed E-state index contributed by atoms with van der Waals surface area (Å²) in [6, 6.07) is 6.26. The first kappa shape index (κ1) is 23.2. The molecule has 3 aromatic rings.